The quantitative estimate of drug-likeness (QED) is 0.247. The third-order valence-electron chi connectivity index (χ3n) is 6.32. The van der Waals surface area contributed by atoms with Gasteiger partial charge in [-0.25, -0.2) is 9.18 Å². The maximum atomic E-state index is 14.8. The highest BCUT2D eigenvalue weighted by Gasteiger charge is 2.23. The van der Waals surface area contributed by atoms with Gasteiger partial charge in [0, 0.05) is 62.1 Å². The fourth-order valence-corrected chi connectivity index (χ4v) is 5.11. The van der Waals surface area contributed by atoms with Crippen molar-refractivity contribution in [1.82, 2.24) is 15.2 Å². The molecule has 10 heteroatoms. The lowest BCUT2D eigenvalue weighted by molar-refractivity contribution is -0.130. The van der Waals surface area contributed by atoms with Gasteiger partial charge in [0.2, 0.25) is 5.91 Å². The van der Waals surface area contributed by atoms with Gasteiger partial charge in [-0.1, -0.05) is 24.3 Å². The van der Waals surface area contributed by atoms with E-state index in [1.165, 1.54) is 23.5 Å². The fourth-order valence-electron chi connectivity index (χ4n) is 4.04. The maximum absolute atomic E-state index is 14.8. The summed E-state index contributed by atoms with van der Waals surface area (Å²) >= 11 is 1.50. The van der Waals surface area contributed by atoms with E-state index in [0.717, 1.165) is 39.1 Å². The standard InChI is InChI=1S/C29H29FN4O4S/c1-18(35)34(13-14-37-2)17-19-3-5-20(6-4-19)27-16-24-28(39-27)26(11-12-31-24)38-25-10-9-22(15-23(25)30)33-29(36)32-21-7-8-21/h3-6,9-12,15-16,21H,7-8,13-14,17H2,1-2H3,(H2,32,33,36). The van der Waals surface area contributed by atoms with Crippen molar-refractivity contribution in [2.45, 2.75) is 32.4 Å². The molecule has 0 saturated heterocycles. The molecule has 2 aromatic heterocycles. The molecule has 0 bridgehead atoms. The normalized spacial score (nSPS) is 12.8. The molecule has 5 rings (SSSR count). The third-order valence-corrected chi connectivity index (χ3v) is 7.51. The number of halogens is 1. The molecule has 0 aliphatic heterocycles. The van der Waals surface area contributed by atoms with E-state index in [0.29, 0.717) is 31.1 Å². The Morgan fingerprint density at radius 3 is 2.59 bits per heavy atom. The zero-order chi connectivity index (χ0) is 27.4. The molecule has 1 aliphatic rings. The second-order valence-electron chi connectivity index (χ2n) is 9.38. The first-order valence-corrected chi connectivity index (χ1v) is 13.5. The lowest BCUT2D eigenvalue weighted by atomic mass is 10.1. The number of nitrogens with zero attached hydrogens (tertiary/aromatic N) is 2. The number of ether oxygens (including phenoxy) is 2. The summed E-state index contributed by atoms with van der Waals surface area (Å²) < 4.78 is 26.7. The SMILES string of the molecule is COCCN(Cc1ccc(-c2cc3nccc(Oc4ccc(NC(=O)NC5CC5)cc4F)c3s2)cc1)C(C)=O. The number of nitrogens with one attached hydrogen (secondary N) is 2. The van der Waals surface area contributed by atoms with E-state index in [9.17, 15) is 14.0 Å². The second-order valence-corrected chi connectivity index (χ2v) is 10.4. The van der Waals surface area contributed by atoms with Crippen LogP contribution in [0, 0.1) is 5.82 Å². The van der Waals surface area contributed by atoms with Crippen molar-refractivity contribution < 1.29 is 23.5 Å². The minimum absolute atomic E-state index is 0.000601. The smallest absolute Gasteiger partial charge is 0.319 e. The second kappa shape index (κ2) is 11.8. The van der Waals surface area contributed by atoms with E-state index in [4.69, 9.17) is 9.47 Å². The van der Waals surface area contributed by atoms with Gasteiger partial charge in [-0.3, -0.25) is 9.78 Å². The third kappa shape index (κ3) is 6.71. The highest BCUT2D eigenvalue weighted by atomic mass is 32.1. The monoisotopic (exact) mass is 548 g/mol. The number of thiophene rings is 1. The summed E-state index contributed by atoms with van der Waals surface area (Å²) in [6.45, 7) is 3.09. The Labute approximate surface area is 229 Å². The molecule has 0 atom stereocenters. The van der Waals surface area contributed by atoms with Crippen LogP contribution in [0.4, 0.5) is 14.9 Å². The van der Waals surface area contributed by atoms with Crippen molar-refractivity contribution >= 4 is 39.2 Å². The summed E-state index contributed by atoms with van der Waals surface area (Å²) in [5.74, 6) is -0.0324. The van der Waals surface area contributed by atoms with Crippen LogP contribution in [-0.4, -0.2) is 48.1 Å². The van der Waals surface area contributed by atoms with E-state index in [1.807, 2.05) is 30.3 Å². The van der Waals surface area contributed by atoms with Gasteiger partial charge in [0.25, 0.3) is 0 Å². The number of carbonyl (C=O) groups excluding carboxylic acids is 2. The predicted molar refractivity (Wildman–Crippen MR) is 150 cm³/mol. The number of rotatable bonds is 10. The van der Waals surface area contributed by atoms with Crippen LogP contribution in [-0.2, 0) is 16.1 Å². The van der Waals surface area contributed by atoms with Gasteiger partial charge in [-0.15, -0.1) is 11.3 Å². The molecule has 1 aliphatic carbocycles. The van der Waals surface area contributed by atoms with Gasteiger partial charge < -0.3 is 25.0 Å². The largest absolute Gasteiger partial charge is 0.453 e. The number of fused-ring (bicyclic) bond motifs is 1. The van der Waals surface area contributed by atoms with E-state index in [2.05, 4.69) is 15.6 Å². The lowest BCUT2D eigenvalue weighted by Gasteiger charge is -2.20. The first-order valence-electron chi connectivity index (χ1n) is 12.7. The maximum Gasteiger partial charge on any atom is 0.319 e. The van der Waals surface area contributed by atoms with E-state index >= 15 is 0 Å². The number of urea groups is 1. The number of aromatic nitrogens is 1. The molecule has 0 radical (unpaired) electrons. The highest BCUT2D eigenvalue weighted by Crippen LogP contribution is 2.39. The molecule has 2 N–H and O–H groups in total. The molecule has 2 heterocycles. The zero-order valence-electron chi connectivity index (χ0n) is 21.7. The van der Waals surface area contributed by atoms with E-state index < -0.39 is 5.82 Å². The van der Waals surface area contributed by atoms with Gasteiger partial charge in [-0.05, 0) is 42.2 Å². The molecule has 1 fully saturated rings. The van der Waals surface area contributed by atoms with Gasteiger partial charge in [0.1, 0.15) is 5.75 Å². The van der Waals surface area contributed by atoms with Gasteiger partial charge in [0.05, 0.1) is 16.8 Å². The average Bonchev–Trinajstić information content (AvgIpc) is 3.61. The fraction of sp³-hybridized carbons (Fsp3) is 0.276. The average molecular weight is 549 g/mol. The van der Waals surface area contributed by atoms with Gasteiger partial charge in [-0.2, -0.15) is 0 Å². The van der Waals surface area contributed by atoms with Crippen LogP contribution in [0.1, 0.15) is 25.3 Å². The van der Waals surface area contributed by atoms with Crippen LogP contribution in [0.3, 0.4) is 0 Å². The molecule has 202 valence electrons. The Morgan fingerprint density at radius 1 is 1.10 bits per heavy atom. The molecular weight excluding hydrogens is 519 g/mol. The van der Waals surface area contributed by atoms with Crippen LogP contribution < -0.4 is 15.4 Å². The number of amides is 3. The number of hydrogen-bond donors (Lipinski definition) is 2. The van der Waals surface area contributed by atoms with Crippen LogP contribution >= 0.6 is 11.3 Å². The number of pyridine rings is 1. The van der Waals surface area contributed by atoms with Crippen molar-refractivity contribution in [1.29, 1.82) is 0 Å². The van der Waals surface area contributed by atoms with E-state index in [-0.39, 0.29) is 23.7 Å². The molecule has 1 saturated carbocycles. The zero-order valence-corrected chi connectivity index (χ0v) is 22.5. The molecule has 8 nitrogen and oxygen atoms in total. The summed E-state index contributed by atoms with van der Waals surface area (Å²) in [6.07, 6.45) is 3.57. The Hall–Kier alpha value is -4.02. The Bertz CT molecular complexity index is 1490. The van der Waals surface area contributed by atoms with Crippen molar-refractivity contribution in [2.75, 3.05) is 25.6 Å². The van der Waals surface area contributed by atoms with Crippen molar-refractivity contribution in [2.24, 2.45) is 0 Å². The summed E-state index contributed by atoms with van der Waals surface area (Å²) in [6, 6.07) is 15.9. The molecule has 39 heavy (non-hydrogen) atoms. The van der Waals surface area contributed by atoms with Crippen molar-refractivity contribution in [3.05, 3.63) is 72.2 Å². The van der Waals surface area contributed by atoms with E-state index in [1.54, 1.807) is 37.3 Å². The number of anilines is 1. The van der Waals surface area contributed by atoms with Crippen LogP contribution in [0.2, 0.25) is 0 Å². The minimum atomic E-state index is -0.582. The lowest BCUT2D eigenvalue weighted by Crippen LogP contribution is -2.31. The van der Waals surface area contributed by atoms with Crippen molar-refractivity contribution in [3.63, 3.8) is 0 Å². The topological polar surface area (TPSA) is 92.8 Å². The summed E-state index contributed by atoms with van der Waals surface area (Å²) in [7, 11) is 1.62. The first-order chi connectivity index (χ1) is 18.9. The van der Waals surface area contributed by atoms with Gasteiger partial charge >= 0.3 is 6.03 Å². The van der Waals surface area contributed by atoms with Crippen LogP contribution in [0.25, 0.3) is 20.7 Å². The molecule has 0 unspecified atom stereocenters. The number of carbonyl (C=O) groups is 2. The number of benzene rings is 2. The molecule has 4 aromatic rings. The number of hydrogen-bond acceptors (Lipinski definition) is 6. The summed E-state index contributed by atoms with van der Waals surface area (Å²) in [5, 5.41) is 5.45. The molecule has 0 spiro atoms. The Kier molecular flexibility index (Phi) is 8.04. The van der Waals surface area contributed by atoms with Crippen LogP contribution in [0.5, 0.6) is 11.5 Å². The highest BCUT2D eigenvalue weighted by molar-refractivity contribution is 7.22. The molecule has 3 amide bonds. The predicted octanol–water partition coefficient (Wildman–Crippen LogP) is 6.17. The molecular formula is C29H29FN4O4S. The summed E-state index contributed by atoms with van der Waals surface area (Å²) in [4.78, 5) is 31.1. The first kappa shape index (κ1) is 26.6. The van der Waals surface area contributed by atoms with Crippen molar-refractivity contribution in [3.8, 4) is 21.9 Å². The summed E-state index contributed by atoms with van der Waals surface area (Å²) in [5.41, 5.74) is 3.12. The molecule has 2 aromatic carbocycles. The van der Waals surface area contributed by atoms with Gasteiger partial charge in [0.15, 0.2) is 11.6 Å². The Balaban J connectivity index is 1.30. The van der Waals surface area contributed by atoms with Crippen LogP contribution in [0.15, 0.2) is 60.8 Å². The number of methoxy groups -OCH3 is 1. The minimum Gasteiger partial charge on any atom is -0.453 e. The Morgan fingerprint density at radius 2 is 1.90 bits per heavy atom.